The van der Waals surface area contributed by atoms with Crippen LogP contribution in [-0.2, 0) is 0 Å². The third-order valence-corrected chi connectivity index (χ3v) is 7.01. The summed E-state index contributed by atoms with van der Waals surface area (Å²) < 4.78 is 1.17. The molecule has 126 valence electrons. The van der Waals surface area contributed by atoms with Crippen molar-refractivity contribution >= 4 is 5.78 Å². The van der Waals surface area contributed by atoms with E-state index in [9.17, 15) is 4.79 Å². The van der Waals surface area contributed by atoms with Gasteiger partial charge in [0.1, 0.15) is 0 Å². The monoisotopic (exact) mass is 322 g/mol. The average Bonchev–Trinajstić information content (AvgIpc) is 2.58. The van der Waals surface area contributed by atoms with Crippen LogP contribution in [-0.4, -0.2) is 36.4 Å². The number of Topliss-reactive ketones (excluding diaryl/α,β-unsaturated/α-hetero) is 1. The zero-order valence-electron chi connectivity index (χ0n) is 14.5. The van der Waals surface area contributed by atoms with Crippen molar-refractivity contribution in [2.24, 2.45) is 23.2 Å². The maximum absolute atomic E-state index is 13.6. The van der Waals surface area contributed by atoms with Gasteiger partial charge in [0.15, 0.2) is 5.78 Å². The Morgan fingerprint density at radius 1 is 1.08 bits per heavy atom. The Bertz CT molecular complexity index is 646. The highest BCUT2D eigenvalue weighted by Crippen LogP contribution is 2.59. The van der Waals surface area contributed by atoms with E-state index in [2.05, 4.69) is 19.2 Å². The van der Waals surface area contributed by atoms with Crippen LogP contribution in [0.15, 0.2) is 55.6 Å². The molecule has 1 aromatic rings. The van der Waals surface area contributed by atoms with Crippen LogP contribution in [0.5, 0.6) is 0 Å². The second kappa shape index (κ2) is 5.70. The van der Waals surface area contributed by atoms with Crippen molar-refractivity contribution in [2.75, 3.05) is 26.2 Å². The Balaban J connectivity index is 1.75. The number of rotatable bonds is 6. The molecule has 3 unspecified atom stereocenters. The number of quaternary nitrogens is 1. The molecule has 4 bridgehead atoms. The van der Waals surface area contributed by atoms with Gasteiger partial charge in [0.2, 0.25) is 0 Å². The lowest BCUT2D eigenvalue weighted by Crippen LogP contribution is -2.73. The van der Waals surface area contributed by atoms with Crippen molar-refractivity contribution in [3.05, 3.63) is 61.2 Å². The maximum Gasteiger partial charge on any atom is 0.170 e. The Kier molecular flexibility index (Phi) is 3.76. The highest BCUT2D eigenvalue weighted by molar-refractivity contribution is 6.01. The molecule has 0 radical (unpaired) electrons. The van der Waals surface area contributed by atoms with Gasteiger partial charge >= 0.3 is 0 Å². The van der Waals surface area contributed by atoms with Gasteiger partial charge in [-0.15, -0.1) is 6.58 Å². The van der Waals surface area contributed by atoms with E-state index in [0.29, 0.717) is 17.6 Å². The molecule has 3 aliphatic heterocycles. The van der Waals surface area contributed by atoms with Crippen LogP contribution in [0, 0.1) is 23.2 Å². The van der Waals surface area contributed by atoms with E-state index in [0.717, 1.165) is 37.5 Å². The number of piperidine rings is 3. The van der Waals surface area contributed by atoms with Gasteiger partial charge in [0, 0.05) is 23.3 Å². The van der Waals surface area contributed by atoms with Crippen LogP contribution < -0.4 is 0 Å². The number of hydrogen-bond donors (Lipinski definition) is 0. The van der Waals surface area contributed by atoms with Crippen molar-refractivity contribution < 1.29 is 9.28 Å². The fourth-order valence-corrected chi connectivity index (χ4v) is 6.38. The molecule has 4 aliphatic rings. The highest BCUT2D eigenvalue weighted by Gasteiger charge is 2.65. The maximum atomic E-state index is 13.6. The first kappa shape index (κ1) is 15.8. The van der Waals surface area contributed by atoms with Gasteiger partial charge in [0.25, 0.3) is 0 Å². The van der Waals surface area contributed by atoms with Gasteiger partial charge in [0.05, 0.1) is 31.6 Å². The molecule has 0 spiro atoms. The first-order valence-electron chi connectivity index (χ1n) is 9.30. The van der Waals surface area contributed by atoms with Crippen molar-refractivity contribution in [2.45, 2.75) is 19.3 Å². The molecular weight excluding hydrogens is 294 g/mol. The molecule has 1 saturated carbocycles. The number of nitrogens with zero attached hydrogens (tertiary/aromatic N) is 1. The van der Waals surface area contributed by atoms with Crippen molar-refractivity contribution in [3.63, 3.8) is 0 Å². The average molecular weight is 322 g/mol. The Morgan fingerprint density at radius 3 is 2.33 bits per heavy atom. The fourth-order valence-electron chi connectivity index (χ4n) is 6.38. The van der Waals surface area contributed by atoms with E-state index in [1.165, 1.54) is 23.9 Å². The quantitative estimate of drug-likeness (QED) is 0.438. The lowest BCUT2D eigenvalue weighted by atomic mass is 9.49. The number of allylic oxidation sites excluding steroid dienone is 1. The molecule has 3 saturated heterocycles. The van der Waals surface area contributed by atoms with E-state index in [-0.39, 0.29) is 5.41 Å². The minimum atomic E-state index is -0.219. The molecule has 0 aromatic heterocycles. The van der Waals surface area contributed by atoms with Crippen molar-refractivity contribution in [1.82, 2.24) is 0 Å². The van der Waals surface area contributed by atoms with E-state index in [1.54, 1.807) is 0 Å². The summed E-state index contributed by atoms with van der Waals surface area (Å²) in [6.07, 6.45) is 7.36. The summed E-state index contributed by atoms with van der Waals surface area (Å²) in [5, 5.41) is 0. The molecule has 0 N–H and O–H groups in total. The topological polar surface area (TPSA) is 17.1 Å². The zero-order chi connectivity index (χ0) is 16.8. The molecule has 2 nitrogen and oxygen atoms in total. The van der Waals surface area contributed by atoms with E-state index in [1.807, 2.05) is 36.4 Å². The lowest BCUT2D eigenvalue weighted by molar-refractivity contribution is -0.952. The second-order valence-electron chi connectivity index (χ2n) is 8.32. The second-order valence-corrected chi connectivity index (χ2v) is 8.32. The summed E-state index contributed by atoms with van der Waals surface area (Å²) in [7, 11) is 0. The lowest BCUT2D eigenvalue weighted by Gasteiger charge is -2.64. The Hall–Kier alpha value is -1.67. The van der Waals surface area contributed by atoms with Gasteiger partial charge < -0.3 is 4.48 Å². The summed E-state index contributed by atoms with van der Waals surface area (Å²) in [5.74, 6) is 2.16. The van der Waals surface area contributed by atoms with E-state index >= 15 is 0 Å². The first-order valence-corrected chi connectivity index (χ1v) is 9.30. The van der Waals surface area contributed by atoms with Crippen LogP contribution in [0.3, 0.4) is 0 Å². The minimum absolute atomic E-state index is 0.219. The fraction of sp³-hybridized carbons (Fsp3) is 0.500. The molecule has 5 atom stereocenters. The number of ketones is 1. The Morgan fingerprint density at radius 2 is 1.75 bits per heavy atom. The van der Waals surface area contributed by atoms with Crippen LogP contribution in [0.2, 0.25) is 0 Å². The molecular formula is C22H28NO+. The number of carbonyl (C=O) groups excluding carboxylic acids is 1. The third-order valence-electron chi connectivity index (χ3n) is 7.01. The van der Waals surface area contributed by atoms with Crippen molar-refractivity contribution in [1.29, 1.82) is 0 Å². The molecule has 0 amide bonds. The molecule has 1 aromatic carbocycles. The predicted octanol–water partition coefficient (Wildman–Crippen LogP) is 4.10. The third kappa shape index (κ3) is 2.16. The summed E-state index contributed by atoms with van der Waals surface area (Å²) in [6.45, 7) is 12.7. The number of carbonyl (C=O) groups is 1. The van der Waals surface area contributed by atoms with Gasteiger partial charge in [-0.2, -0.15) is 0 Å². The molecule has 3 heterocycles. The van der Waals surface area contributed by atoms with Crippen LogP contribution >= 0.6 is 0 Å². The largest absolute Gasteiger partial charge is 0.320 e. The predicted molar refractivity (Wildman–Crippen MR) is 97.6 cm³/mol. The van der Waals surface area contributed by atoms with Gasteiger partial charge in [-0.05, 0) is 25.3 Å². The molecule has 24 heavy (non-hydrogen) atoms. The standard InChI is InChI=1S/C22H28NO/c1-3-10-22(21(24)18-8-6-5-7-9-18)19-12-17-13-20(22)16-23(14-17,15-19)11-4-2/h3-9,17,19-20H,1-2,10-16H2/q+1/t17?,19-,20+,22?,23?. The van der Waals surface area contributed by atoms with Gasteiger partial charge in [-0.1, -0.05) is 43.0 Å². The molecule has 4 fully saturated rings. The molecule has 1 aliphatic carbocycles. The smallest absolute Gasteiger partial charge is 0.170 e. The first-order chi connectivity index (χ1) is 11.6. The van der Waals surface area contributed by atoms with Crippen molar-refractivity contribution in [3.8, 4) is 0 Å². The van der Waals surface area contributed by atoms with Crippen LogP contribution in [0.1, 0.15) is 29.6 Å². The summed E-state index contributed by atoms with van der Waals surface area (Å²) >= 11 is 0. The van der Waals surface area contributed by atoms with Gasteiger partial charge in [-0.3, -0.25) is 4.79 Å². The SMILES string of the molecule is C=CCC1(C(=O)c2ccccc2)[C@@H]2CC3C[C@H]1C[N+](CC=C)(C3)C2. The summed E-state index contributed by atoms with van der Waals surface area (Å²) in [6, 6.07) is 9.95. The zero-order valence-corrected chi connectivity index (χ0v) is 14.5. The van der Waals surface area contributed by atoms with E-state index < -0.39 is 0 Å². The Labute approximate surface area is 145 Å². The summed E-state index contributed by atoms with van der Waals surface area (Å²) in [4.78, 5) is 13.6. The summed E-state index contributed by atoms with van der Waals surface area (Å²) in [5.41, 5.74) is 0.667. The molecule has 5 rings (SSSR count). The normalized spacial score (nSPS) is 39.6. The van der Waals surface area contributed by atoms with Crippen LogP contribution in [0.25, 0.3) is 0 Å². The van der Waals surface area contributed by atoms with E-state index in [4.69, 9.17) is 0 Å². The van der Waals surface area contributed by atoms with Gasteiger partial charge in [-0.25, -0.2) is 0 Å². The molecule has 2 heteroatoms. The minimum Gasteiger partial charge on any atom is -0.320 e. The number of hydrogen-bond acceptors (Lipinski definition) is 1. The van der Waals surface area contributed by atoms with Crippen LogP contribution in [0.4, 0.5) is 0 Å². The number of benzene rings is 1. The highest BCUT2D eigenvalue weighted by atomic mass is 16.1.